The fourth-order valence-corrected chi connectivity index (χ4v) is 1.80. The van der Waals surface area contributed by atoms with Crippen molar-refractivity contribution in [3.05, 3.63) is 41.3 Å². The Morgan fingerprint density at radius 3 is 2.85 bits per heavy atom. The van der Waals surface area contributed by atoms with Gasteiger partial charge < -0.3 is 15.4 Å². The van der Waals surface area contributed by atoms with Gasteiger partial charge in [0.25, 0.3) is 5.91 Å². The number of ether oxygens (including phenoxy) is 1. The van der Waals surface area contributed by atoms with Gasteiger partial charge in [0.2, 0.25) is 5.88 Å². The van der Waals surface area contributed by atoms with Gasteiger partial charge in [0.1, 0.15) is 10.8 Å². The Hall–Kier alpha value is -2.34. The fourth-order valence-electron chi connectivity index (χ4n) is 1.64. The summed E-state index contributed by atoms with van der Waals surface area (Å²) in [4.78, 5) is 19.8. The predicted molar refractivity (Wildman–Crippen MR) is 76.7 cm³/mol. The van der Waals surface area contributed by atoms with E-state index in [0.717, 1.165) is 0 Å². The minimum atomic E-state index is -0.264. The summed E-state index contributed by atoms with van der Waals surface area (Å²) in [6.45, 7) is 0. The van der Waals surface area contributed by atoms with Crippen LogP contribution in [0.1, 0.15) is 10.4 Å². The Bertz CT molecular complexity index is 634. The van der Waals surface area contributed by atoms with Crippen molar-refractivity contribution in [2.75, 3.05) is 19.5 Å². The number of halogens is 1. The molecule has 6 nitrogen and oxygen atoms in total. The molecule has 2 aromatic heterocycles. The predicted octanol–water partition coefficient (Wildman–Crippen LogP) is 2.24. The number of pyridine rings is 2. The number of carbonyl (C=O) groups is 1. The molecule has 0 aliphatic carbocycles. The Balaban J connectivity index is 2.42. The van der Waals surface area contributed by atoms with Crippen molar-refractivity contribution < 1.29 is 9.53 Å². The number of methoxy groups -OCH3 is 1. The van der Waals surface area contributed by atoms with Gasteiger partial charge in [0.05, 0.1) is 18.4 Å². The second kappa shape index (κ2) is 6.21. The van der Waals surface area contributed by atoms with Gasteiger partial charge in [-0.3, -0.25) is 4.79 Å². The molecule has 0 saturated heterocycles. The van der Waals surface area contributed by atoms with Crippen LogP contribution in [0.15, 0.2) is 30.6 Å². The van der Waals surface area contributed by atoms with E-state index in [0.29, 0.717) is 22.8 Å². The molecule has 0 aromatic carbocycles. The van der Waals surface area contributed by atoms with E-state index >= 15 is 0 Å². The maximum Gasteiger partial charge on any atom is 0.254 e. The Kier molecular flexibility index (Phi) is 4.37. The molecule has 104 valence electrons. The Morgan fingerprint density at radius 2 is 2.15 bits per heavy atom. The van der Waals surface area contributed by atoms with E-state index in [1.165, 1.54) is 13.3 Å². The molecule has 0 spiro atoms. The van der Waals surface area contributed by atoms with E-state index in [-0.39, 0.29) is 11.1 Å². The van der Waals surface area contributed by atoms with E-state index in [1.54, 1.807) is 31.4 Å². The van der Waals surface area contributed by atoms with E-state index < -0.39 is 0 Å². The number of hydrogen-bond donors (Lipinski definition) is 2. The number of carbonyl (C=O) groups excluding carboxylic acids is 1. The van der Waals surface area contributed by atoms with E-state index in [9.17, 15) is 4.79 Å². The van der Waals surface area contributed by atoms with Gasteiger partial charge >= 0.3 is 0 Å². The molecule has 20 heavy (non-hydrogen) atoms. The number of amides is 1. The number of anilines is 2. The van der Waals surface area contributed by atoms with Crippen LogP contribution in [0.2, 0.25) is 5.15 Å². The molecule has 1 amide bonds. The highest BCUT2D eigenvalue weighted by molar-refractivity contribution is 6.29. The first-order valence-corrected chi connectivity index (χ1v) is 6.17. The lowest BCUT2D eigenvalue weighted by atomic mass is 10.2. The van der Waals surface area contributed by atoms with Gasteiger partial charge in [0.15, 0.2) is 0 Å². The van der Waals surface area contributed by atoms with Crippen LogP contribution in [0.4, 0.5) is 11.4 Å². The molecule has 0 fully saturated rings. The fraction of sp³-hybridized carbons (Fsp3) is 0.154. The topological polar surface area (TPSA) is 76.1 Å². The van der Waals surface area contributed by atoms with Crippen LogP contribution in [0.3, 0.4) is 0 Å². The second-order valence-corrected chi connectivity index (χ2v) is 4.20. The van der Waals surface area contributed by atoms with E-state index in [2.05, 4.69) is 20.6 Å². The highest BCUT2D eigenvalue weighted by atomic mass is 35.5. The average molecular weight is 293 g/mol. The van der Waals surface area contributed by atoms with Gasteiger partial charge in [-0.15, -0.1) is 0 Å². The smallest absolute Gasteiger partial charge is 0.254 e. The lowest BCUT2D eigenvalue weighted by Gasteiger charge is -2.13. The summed E-state index contributed by atoms with van der Waals surface area (Å²) in [5.41, 5.74) is 1.53. The van der Waals surface area contributed by atoms with Crippen molar-refractivity contribution in [1.29, 1.82) is 0 Å². The number of nitrogens with one attached hydrogen (secondary N) is 2. The summed E-state index contributed by atoms with van der Waals surface area (Å²) in [7, 11) is 3.07. The molecule has 2 rings (SSSR count). The third kappa shape index (κ3) is 2.97. The number of aromatic nitrogens is 2. The normalized spacial score (nSPS) is 9.95. The number of rotatable bonds is 4. The third-order valence-electron chi connectivity index (χ3n) is 2.58. The molecule has 7 heteroatoms. The molecule has 0 aliphatic rings. The van der Waals surface area contributed by atoms with Crippen molar-refractivity contribution in [2.45, 2.75) is 0 Å². The minimum absolute atomic E-state index is 0.264. The molecule has 0 atom stereocenters. The van der Waals surface area contributed by atoms with Crippen LogP contribution in [0.25, 0.3) is 0 Å². The summed E-state index contributed by atoms with van der Waals surface area (Å²) in [5, 5.41) is 5.90. The summed E-state index contributed by atoms with van der Waals surface area (Å²) in [6, 6.07) is 5.11. The number of hydrogen-bond acceptors (Lipinski definition) is 5. The van der Waals surface area contributed by atoms with Crippen molar-refractivity contribution in [1.82, 2.24) is 15.3 Å². The summed E-state index contributed by atoms with van der Waals surface area (Å²) in [6.07, 6.45) is 3.02. The van der Waals surface area contributed by atoms with Gasteiger partial charge in [0, 0.05) is 19.4 Å². The molecule has 0 saturated carbocycles. The molecule has 2 aromatic rings. The van der Waals surface area contributed by atoms with Crippen molar-refractivity contribution in [2.24, 2.45) is 0 Å². The van der Waals surface area contributed by atoms with Crippen molar-refractivity contribution in [3.8, 4) is 5.88 Å². The molecule has 2 N–H and O–H groups in total. The van der Waals surface area contributed by atoms with Gasteiger partial charge in [-0.25, -0.2) is 9.97 Å². The number of nitrogens with zero attached hydrogens (tertiary/aromatic N) is 2. The van der Waals surface area contributed by atoms with Crippen molar-refractivity contribution >= 4 is 28.9 Å². The summed E-state index contributed by atoms with van der Waals surface area (Å²) < 4.78 is 5.15. The molecule has 0 bridgehead atoms. The molecular weight excluding hydrogens is 280 g/mol. The highest BCUT2D eigenvalue weighted by Gasteiger charge is 2.13. The first kappa shape index (κ1) is 14.1. The van der Waals surface area contributed by atoms with E-state index in [4.69, 9.17) is 16.3 Å². The third-order valence-corrected chi connectivity index (χ3v) is 2.78. The highest BCUT2D eigenvalue weighted by Crippen LogP contribution is 2.27. The zero-order valence-corrected chi connectivity index (χ0v) is 11.7. The first-order valence-electron chi connectivity index (χ1n) is 5.79. The maximum atomic E-state index is 11.8. The van der Waals surface area contributed by atoms with Crippen LogP contribution in [0, 0.1) is 0 Å². The second-order valence-electron chi connectivity index (χ2n) is 3.82. The molecule has 0 unspecified atom stereocenters. The lowest BCUT2D eigenvalue weighted by molar-refractivity contribution is 0.0963. The maximum absolute atomic E-state index is 11.8. The quantitative estimate of drug-likeness (QED) is 0.845. The standard InChI is InChI=1S/C13H13ClN4O2/c1-15-12(19)8-7-17-11(14)6-10(8)18-9-4-3-5-16-13(9)20-2/h3-7H,1-2H3,(H,15,19)(H,17,18). The summed E-state index contributed by atoms with van der Waals surface area (Å²) in [5.74, 6) is 0.155. The lowest BCUT2D eigenvalue weighted by Crippen LogP contribution is -2.19. The van der Waals surface area contributed by atoms with Crippen LogP contribution in [0.5, 0.6) is 5.88 Å². The van der Waals surface area contributed by atoms with E-state index in [1.807, 2.05) is 0 Å². The molecule has 2 heterocycles. The minimum Gasteiger partial charge on any atom is -0.480 e. The zero-order valence-electron chi connectivity index (χ0n) is 11.0. The summed E-state index contributed by atoms with van der Waals surface area (Å²) >= 11 is 5.87. The first-order chi connectivity index (χ1) is 9.65. The molecule has 0 aliphatic heterocycles. The van der Waals surface area contributed by atoms with Gasteiger partial charge in [-0.1, -0.05) is 11.6 Å². The molecular formula is C13H13ClN4O2. The van der Waals surface area contributed by atoms with Gasteiger partial charge in [-0.05, 0) is 18.2 Å². The largest absolute Gasteiger partial charge is 0.480 e. The van der Waals surface area contributed by atoms with Crippen LogP contribution >= 0.6 is 11.6 Å². The SMILES string of the molecule is CNC(=O)c1cnc(Cl)cc1Nc1cccnc1OC. The van der Waals surface area contributed by atoms with Crippen LogP contribution < -0.4 is 15.4 Å². The van der Waals surface area contributed by atoms with Crippen LogP contribution in [-0.4, -0.2) is 30.0 Å². The average Bonchev–Trinajstić information content (AvgIpc) is 2.47. The van der Waals surface area contributed by atoms with Crippen LogP contribution in [-0.2, 0) is 0 Å². The molecule has 0 radical (unpaired) electrons. The monoisotopic (exact) mass is 292 g/mol. The van der Waals surface area contributed by atoms with Gasteiger partial charge in [-0.2, -0.15) is 0 Å². The van der Waals surface area contributed by atoms with Crippen molar-refractivity contribution in [3.63, 3.8) is 0 Å². The zero-order chi connectivity index (χ0) is 14.5. The Labute approximate surface area is 121 Å². The Morgan fingerprint density at radius 1 is 1.35 bits per heavy atom.